The molecule has 0 amide bonds. The Morgan fingerprint density at radius 3 is 2.32 bits per heavy atom. The van der Waals surface area contributed by atoms with E-state index in [0.29, 0.717) is 11.4 Å². The van der Waals surface area contributed by atoms with Crippen LogP contribution in [0.4, 0.5) is 0 Å². The van der Waals surface area contributed by atoms with Crippen molar-refractivity contribution in [3.05, 3.63) is 30.1 Å². The molecule has 1 aliphatic rings. The lowest BCUT2D eigenvalue weighted by atomic mass is 9.79. The van der Waals surface area contributed by atoms with Crippen molar-refractivity contribution in [2.75, 3.05) is 0 Å². The number of hydrogen-bond acceptors (Lipinski definition) is 4. The molecule has 0 unspecified atom stereocenters. The van der Waals surface area contributed by atoms with Crippen molar-refractivity contribution in [2.24, 2.45) is 0 Å². The van der Waals surface area contributed by atoms with Gasteiger partial charge in [0.15, 0.2) is 0 Å². The summed E-state index contributed by atoms with van der Waals surface area (Å²) in [6.45, 7) is 11.7. The summed E-state index contributed by atoms with van der Waals surface area (Å²) in [7, 11) is -0.487. The third kappa shape index (κ3) is 2.42. The normalized spacial score (nSPS) is 20.1. The molecule has 2 rings (SSSR count). The first-order valence-corrected chi connectivity index (χ1v) is 6.19. The van der Waals surface area contributed by atoms with Gasteiger partial charge in [0.1, 0.15) is 11.8 Å². The Labute approximate surface area is 114 Å². The molecule has 0 N–H and O–H groups in total. The fraction of sp³-hybridized carbons (Fsp3) is 0.429. The summed E-state index contributed by atoms with van der Waals surface area (Å²) in [5.41, 5.74) is 0.968. The molecule has 1 saturated heterocycles. The SMILES string of the molecule is C=Cc1cc(B2OC(C)(C)C(C)(C)O2)cc(C#N)n1. The highest BCUT2D eigenvalue weighted by molar-refractivity contribution is 6.62. The molecule has 0 bridgehead atoms. The summed E-state index contributed by atoms with van der Waals surface area (Å²) in [6.07, 6.45) is 1.61. The van der Waals surface area contributed by atoms with Crippen molar-refractivity contribution in [1.82, 2.24) is 4.98 Å². The van der Waals surface area contributed by atoms with Crippen LogP contribution in [0.15, 0.2) is 18.7 Å². The maximum Gasteiger partial charge on any atom is 0.495 e. The zero-order valence-corrected chi connectivity index (χ0v) is 11.7. The number of rotatable bonds is 2. The molecule has 2 heterocycles. The van der Waals surface area contributed by atoms with Crippen molar-refractivity contribution >= 4 is 18.7 Å². The first kappa shape index (κ1) is 13.8. The summed E-state index contributed by atoms with van der Waals surface area (Å²) in [6, 6.07) is 5.56. The van der Waals surface area contributed by atoms with Crippen molar-refractivity contribution < 1.29 is 9.31 Å². The van der Waals surface area contributed by atoms with Crippen LogP contribution in [0.5, 0.6) is 0 Å². The average molecular weight is 256 g/mol. The fourth-order valence-corrected chi connectivity index (χ4v) is 1.85. The number of nitriles is 1. The number of pyridine rings is 1. The Bertz CT molecular complexity index is 545. The van der Waals surface area contributed by atoms with Crippen molar-refractivity contribution in [3.8, 4) is 6.07 Å². The van der Waals surface area contributed by atoms with E-state index >= 15 is 0 Å². The van der Waals surface area contributed by atoms with Gasteiger partial charge in [-0.3, -0.25) is 0 Å². The lowest BCUT2D eigenvalue weighted by molar-refractivity contribution is 0.00578. The van der Waals surface area contributed by atoms with E-state index in [1.807, 2.05) is 39.8 Å². The van der Waals surface area contributed by atoms with Crippen LogP contribution in [0.3, 0.4) is 0 Å². The van der Waals surface area contributed by atoms with E-state index < -0.39 is 18.3 Å². The van der Waals surface area contributed by atoms with Gasteiger partial charge in [0.2, 0.25) is 0 Å². The highest BCUT2D eigenvalue weighted by Crippen LogP contribution is 2.36. The predicted molar refractivity (Wildman–Crippen MR) is 74.8 cm³/mol. The van der Waals surface area contributed by atoms with Crippen molar-refractivity contribution in [3.63, 3.8) is 0 Å². The van der Waals surface area contributed by atoms with Crippen molar-refractivity contribution in [1.29, 1.82) is 5.26 Å². The molecular weight excluding hydrogens is 239 g/mol. The molecule has 0 saturated carbocycles. The monoisotopic (exact) mass is 256 g/mol. The average Bonchev–Trinajstić information content (AvgIpc) is 2.58. The Morgan fingerprint density at radius 1 is 1.26 bits per heavy atom. The van der Waals surface area contributed by atoms with Crippen LogP contribution in [0.25, 0.3) is 6.08 Å². The lowest BCUT2D eigenvalue weighted by Crippen LogP contribution is -2.41. The van der Waals surface area contributed by atoms with E-state index in [1.54, 1.807) is 12.1 Å². The van der Waals surface area contributed by atoms with Gasteiger partial charge in [-0.25, -0.2) is 4.98 Å². The third-order valence-electron chi connectivity index (χ3n) is 3.72. The molecular formula is C14H17BN2O2. The summed E-state index contributed by atoms with van der Waals surface area (Å²) < 4.78 is 11.9. The van der Waals surface area contributed by atoms with E-state index in [-0.39, 0.29) is 0 Å². The Kier molecular flexibility index (Phi) is 3.25. The van der Waals surface area contributed by atoms with E-state index in [1.165, 1.54) is 0 Å². The molecule has 1 aromatic heterocycles. The highest BCUT2D eigenvalue weighted by Gasteiger charge is 2.51. The van der Waals surface area contributed by atoms with Crippen LogP contribution in [-0.2, 0) is 9.31 Å². The maximum atomic E-state index is 9.00. The molecule has 0 aromatic carbocycles. The second-order valence-corrected chi connectivity index (χ2v) is 5.61. The molecule has 0 radical (unpaired) electrons. The largest absolute Gasteiger partial charge is 0.495 e. The van der Waals surface area contributed by atoms with Gasteiger partial charge in [0, 0.05) is 0 Å². The van der Waals surface area contributed by atoms with Gasteiger partial charge in [-0.05, 0) is 51.4 Å². The van der Waals surface area contributed by atoms with Crippen LogP contribution in [0.1, 0.15) is 39.1 Å². The van der Waals surface area contributed by atoms with Gasteiger partial charge in [0.05, 0.1) is 16.9 Å². The molecule has 1 aliphatic heterocycles. The lowest BCUT2D eigenvalue weighted by Gasteiger charge is -2.32. The zero-order chi connectivity index (χ0) is 14.3. The molecule has 4 nitrogen and oxygen atoms in total. The second-order valence-electron chi connectivity index (χ2n) is 5.61. The van der Waals surface area contributed by atoms with E-state index in [2.05, 4.69) is 11.6 Å². The van der Waals surface area contributed by atoms with Crippen LogP contribution >= 0.6 is 0 Å². The Balaban J connectivity index is 2.39. The first-order chi connectivity index (χ1) is 8.79. The predicted octanol–water partition coefficient (Wildman–Crippen LogP) is 1.90. The van der Waals surface area contributed by atoms with Gasteiger partial charge in [-0.15, -0.1) is 0 Å². The Morgan fingerprint density at radius 2 is 1.84 bits per heavy atom. The summed E-state index contributed by atoms with van der Waals surface area (Å²) in [5.74, 6) is 0. The van der Waals surface area contributed by atoms with Crippen LogP contribution in [0, 0.1) is 11.3 Å². The molecule has 0 spiro atoms. The number of nitrogens with zero attached hydrogens (tertiary/aromatic N) is 2. The number of aromatic nitrogens is 1. The molecule has 1 fully saturated rings. The van der Waals surface area contributed by atoms with Gasteiger partial charge >= 0.3 is 7.12 Å². The first-order valence-electron chi connectivity index (χ1n) is 6.19. The third-order valence-corrected chi connectivity index (χ3v) is 3.72. The highest BCUT2D eigenvalue weighted by atomic mass is 16.7. The van der Waals surface area contributed by atoms with Crippen LogP contribution < -0.4 is 5.46 Å². The summed E-state index contributed by atoms with van der Waals surface area (Å²) >= 11 is 0. The quantitative estimate of drug-likeness (QED) is 0.758. The zero-order valence-electron chi connectivity index (χ0n) is 11.7. The molecule has 0 aliphatic carbocycles. The standard InChI is InChI=1S/C14H17BN2O2/c1-6-11-7-10(8-12(9-16)17-11)15-18-13(2,3)14(4,5)19-15/h6-8H,1H2,2-5H3. The molecule has 5 heteroatoms. The Hall–Kier alpha value is -1.64. The minimum absolute atomic E-state index is 0.335. The van der Waals surface area contributed by atoms with E-state index in [4.69, 9.17) is 14.6 Å². The summed E-state index contributed by atoms with van der Waals surface area (Å²) in [4.78, 5) is 4.12. The minimum atomic E-state index is -0.487. The smallest absolute Gasteiger partial charge is 0.399 e. The van der Waals surface area contributed by atoms with E-state index in [9.17, 15) is 0 Å². The van der Waals surface area contributed by atoms with Gasteiger partial charge in [-0.1, -0.05) is 6.58 Å². The van der Waals surface area contributed by atoms with Crippen molar-refractivity contribution in [2.45, 2.75) is 38.9 Å². The molecule has 1 aromatic rings. The van der Waals surface area contributed by atoms with E-state index in [0.717, 1.165) is 5.46 Å². The molecule has 19 heavy (non-hydrogen) atoms. The second kappa shape index (κ2) is 4.48. The van der Waals surface area contributed by atoms with Gasteiger partial charge in [-0.2, -0.15) is 5.26 Å². The van der Waals surface area contributed by atoms with Gasteiger partial charge in [0.25, 0.3) is 0 Å². The van der Waals surface area contributed by atoms with Crippen LogP contribution in [-0.4, -0.2) is 23.3 Å². The molecule has 98 valence electrons. The van der Waals surface area contributed by atoms with Crippen LogP contribution in [0.2, 0.25) is 0 Å². The fourth-order valence-electron chi connectivity index (χ4n) is 1.85. The maximum absolute atomic E-state index is 9.00. The summed E-state index contributed by atoms with van der Waals surface area (Å²) in [5, 5.41) is 9.00. The topological polar surface area (TPSA) is 55.1 Å². The molecule has 0 atom stereocenters. The minimum Gasteiger partial charge on any atom is -0.399 e. The number of hydrogen-bond donors (Lipinski definition) is 0. The van der Waals surface area contributed by atoms with Gasteiger partial charge < -0.3 is 9.31 Å².